The van der Waals surface area contributed by atoms with Gasteiger partial charge in [0, 0.05) is 10.5 Å². The number of thioether (sulfide) groups is 1. The maximum Gasteiger partial charge on any atom is 0.112 e. The molecular formula is C11H18OS. The maximum atomic E-state index is 9.93. The highest BCUT2D eigenvalue weighted by molar-refractivity contribution is 8.05. The molecule has 1 rings (SSSR count). The summed E-state index contributed by atoms with van der Waals surface area (Å²) in [6.45, 7) is 12.3. The van der Waals surface area contributed by atoms with Gasteiger partial charge in [-0.15, -0.1) is 11.8 Å². The van der Waals surface area contributed by atoms with Crippen molar-refractivity contribution in [3.63, 3.8) is 0 Å². The molecule has 0 aliphatic carbocycles. The number of rotatable bonds is 2. The molecule has 0 spiro atoms. The second kappa shape index (κ2) is 3.41. The van der Waals surface area contributed by atoms with E-state index in [1.165, 1.54) is 0 Å². The van der Waals surface area contributed by atoms with Crippen LogP contribution in [0.4, 0.5) is 0 Å². The summed E-state index contributed by atoms with van der Waals surface area (Å²) in [6.07, 6.45) is 1.000. The molecule has 1 aliphatic heterocycles. The molecule has 0 aromatic carbocycles. The number of aliphatic hydroxyl groups is 1. The van der Waals surface area contributed by atoms with Gasteiger partial charge in [0.15, 0.2) is 0 Å². The van der Waals surface area contributed by atoms with Crippen LogP contribution in [0.5, 0.6) is 0 Å². The van der Waals surface area contributed by atoms with E-state index < -0.39 is 0 Å². The monoisotopic (exact) mass is 198 g/mol. The SMILES string of the molecule is C=C1SC(C)(CC(C)C)C(O)=C1C. The molecule has 0 saturated carbocycles. The molecule has 74 valence electrons. The summed E-state index contributed by atoms with van der Waals surface area (Å²) in [5.41, 5.74) is 0.966. The van der Waals surface area contributed by atoms with E-state index in [9.17, 15) is 5.11 Å². The van der Waals surface area contributed by atoms with E-state index in [-0.39, 0.29) is 4.75 Å². The van der Waals surface area contributed by atoms with Gasteiger partial charge < -0.3 is 5.11 Å². The Balaban J connectivity index is 2.90. The molecule has 1 heterocycles. The Bertz CT molecular complexity index is 265. The highest BCUT2D eigenvalue weighted by Gasteiger charge is 2.38. The molecule has 1 unspecified atom stereocenters. The number of hydrogen-bond acceptors (Lipinski definition) is 2. The van der Waals surface area contributed by atoms with Gasteiger partial charge in [-0.2, -0.15) is 0 Å². The first-order valence-corrected chi connectivity index (χ1v) is 5.47. The normalized spacial score (nSPS) is 29.2. The van der Waals surface area contributed by atoms with Gasteiger partial charge in [0.25, 0.3) is 0 Å². The van der Waals surface area contributed by atoms with Crippen molar-refractivity contribution in [2.75, 3.05) is 0 Å². The van der Waals surface area contributed by atoms with E-state index in [0.717, 1.165) is 16.9 Å². The van der Waals surface area contributed by atoms with Gasteiger partial charge >= 0.3 is 0 Å². The van der Waals surface area contributed by atoms with E-state index in [4.69, 9.17) is 0 Å². The average molecular weight is 198 g/mol. The van der Waals surface area contributed by atoms with Gasteiger partial charge in [0.1, 0.15) is 5.76 Å². The van der Waals surface area contributed by atoms with Crippen molar-refractivity contribution >= 4 is 11.8 Å². The number of aliphatic hydroxyl groups excluding tert-OH is 1. The second-order valence-electron chi connectivity index (χ2n) is 4.33. The lowest BCUT2D eigenvalue weighted by Gasteiger charge is -2.25. The Labute approximate surface area is 84.9 Å². The highest BCUT2D eigenvalue weighted by Crippen LogP contribution is 2.50. The topological polar surface area (TPSA) is 20.2 Å². The molecular weight excluding hydrogens is 180 g/mol. The standard InChI is InChI=1S/C11H18OS/c1-7(2)6-11(5)10(12)8(3)9(4)13-11/h7,12H,4,6H2,1-3,5H3. The third kappa shape index (κ3) is 1.93. The van der Waals surface area contributed by atoms with E-state index in [1.54, 1.807) is 11.8 Å². The van der Waals surface area contributed by atoms with Gasteiger partial charge in [-0.25, -0.2) is 0 Å². The molecule has 1 atom stereocenters. The average Bonchev–Trinajstić information content (AvgIpc) is 2.14. The zero-order chi connectivity index (χ0) is 10.2. The van der Waals surface area contributed by atoms with Crippen LogP contribution in [-0.2, 0) is 0 Å². The van der Waals surface area contributed by atoms with Crippen molar-refractivity contribution in [3.05, 3.63) is 22.8 Å². The van der Waals surface area contributed by atoms with Crippen LogP contribution in [0.2, 0.25) is 0 Å². The summed E-state index contributed by atoms with van der Waals surface area (Å²) < 4.78 is -0.130. The predicted molar refractivity (Wildman–Crippen MR) is 59.9 cm³/mol. The van der Waals surface area contributed by atoms with Crippen molar-refractivity contribution in [2.24, 2.45) is 5.92 Å². The van der Waals surface area contributed by atoms with Crippen molar-refractivity contribution in [1.82, 2.24) is 0 Å². The lowest BCUT2D eigenvalue weighted by molar-refractivity contribution is 0.333. The summed E-state index contributed by atoms with van der Waals surface area (Å²) in [4.78, 5) is 1.01. The molecule has 1 aliphatic rings. The zero-order valence-electron chi connectivity index (χ0n) is 8.85. The first-order chi connectivity index (χ1) is 5.87. The Hall–Kier alpha value is -0.370. The van der Waals surface area contributed by atoms with Crippen molar-refractivity contribution < 1.29 is 5.11 Å². The van der Waals surface area contributed by atoms with Gasteiger partial charge in [-0.3, -0.25) is 0 Å². The van der Waals surface area contributed by atoms with Crippen LogP contribution >= 0.6 is 11.8 Å². The molecule has 1 N–H and O–H groups in total. The third-order valence-electron chi connectivity index (χ3n) is 2.42. The van der Waals surface area contributed by atoms with Gasteiger partial charge in [0.05, 0.1) is 4.75 Å². The van der Waals surface area contributed by atoms with Gasteiger partial charge in [-0.1, -0.05) is 20.4 Å². The minimum atomic E-state index is -0.130. The van der Waals surface area contributed by atoms with Crippen LogP contribution in [0.25, 0.3) is 0 Å². The minimum absolute atomic E-state index is 0.130. The van der Waals surface area contributed by atoms with Crippen LogP contribution in [0.15, 0.2) is 22.8 Å². The lowest BCUT2D eigenvalue weighted by atomic mass is 9.94. The summed E-state index contributed by atoms with van der Waals surface area (Å²) in [6, 6.07) is 0. The summed E-state index contributed by atoms with van der Waals surface area (Å²) in [5.74, 6) is 1.12. The zero-order valence-corrected chi connectivity index (χ0v) is 9.66. The molecule has 0 bridgehead atoms. The molecule has 2 heteroatoms. The molecule has 0 saturated heterocycles. The Morgan fingerprint density at radius 3 is 2.38 bits per heavy atom. The Morgan fingerprint density at radius 2 is 2.08 bits per heavy atom. The Kier molecular flexibility index (Phi) is 2.81. The van der Waals surface area contributed by atoms with E-state index in [0.29, 0.717) is 11.7 Å². The molecule has 0 aromatic heterocycles. The van der Waals surface area contributed by atoms with Crippen LogP contribution in [-0.4, -0.2) is 9.85 Å². The fourth-order valence-electron chi connectivity index (χ4n) is 1.84. The van der Waals surface area contributed by atoms with Crippen molar-refractivity contribution in [3.8, 4) is 0 Å². The van der Waals surface area contributed by atoms with E-state index in [1.807, 2.05) is 6.92 Å². The van der Waals surface area contributed by atoms with Gasteiger partial charge in [-0.05, 0) is 26.2 Å². The first-order valence-electron chi connectivity index (χ1n) is 4.65. The summed E-state index contributed by atoms with van der Waals surface area (Å²) >= 11 is 1.69. The fraction of sp³-hybridized carbons (Fsp3) is 0.636. The van der Waals surface area contributed by atoms with Crippen LogP contribution in [0.3, 0.4) is 0 Å². The minimum Gasteiger partial charge on any atom is -0.511 e. The molecule has 1 nitrogen and oxygen atoms in total. The highest BCUT2D eigenvalue weighted by atomic mass is 32.2. The first kappa shape index (κ1) is 10.7. The van der Waals surface area contributed by atoms with Crippen LogP contribution in [0.1, 0.15) is 34.1 Å². The van der Waals surface area contributed by atoms with Crippen LogP contribution < -0.4 is 0 Å². The smallest absolute Gasteiger partial charge is 0.112 e. The lowest BCUT2D eigenvalue weighted by Crippen LogP contribution is -2.22. The molecule has 0 amide bonds. The molecule has 13 heavy (non-hydrogen) atoms. The second-order valence-corrected chi connectivity index (χ2v) is 5.93. The number of hydrogen-bond donors (Lipinski definition) is 1. The van der Waals surface area contributed by atoms with E-state index in [2.05, 4.69) is 27.4 Å². The summed E-state index contributed by atoms with van der Waals surface area (Å²) in [7, 11) is 0. The molecule has 0 radical (unpaired) electrons. The quantitative estimate of drug-likeness (QED) is 0.726. The Morgan fingerprint density at radius 1 is 1.54 bits per heavy atom. The fourth-order valence-corrected chi connectivity index (χ4v) is 3.30. The number of allylic oxidation sites excluding steroid dienone is 1. The van der Waals surface area contributed by atoms with E-state index >= 15 is 0 Å². The largest absolute Gasteiger partial charge is 0.511 e. The predicted octanol–water partition coefficient (Wildman–Crippen LogP) is 3.88. The summed E-state index contributed by atoms with van der Waals surface area (Å²) in [5, 5.41) is 9.93. The van der Waals surface area contributed by atoms with Crippen LogP contribution in [0, 0.1) is 5.92 Å². The maximum absolute atomic E-state index is 9.93. The van der Waals surface area contributed by atoms with Crippen molar-refractivity contribution in [2.45, 2.75) is 38.9 Å². The molecule has 0 aromatic rings. The molecule has 0 fully saturated rings. The third-order valence-corrected chi connectivity index (χ3v) is 3.78. The van der Waals surface area contributed by atoms with Crippen molar-refractivity contribution in [1.29, 1.82) is 0 Å². The van der Waals surface area contributed by atoms with Gasteiger partial charge in [0.2, 0.25) is 0 Å².